The molecular formula is C12H7BrO4. The van der Waals surface area contributed by atoms with Gasteiger partial charge in [-0.05, 0) is 46.3 Å². The molecule has 86 valence electrons. The molecule has 1 aliphatic rings. The van der Waals surface area contributed by atoms with Gasteiger partial charge in [-0.3, -0.25) is 4.79 Å². The minimum atomic E-state index is -0.186. The predicted molar refractivity (Wildman–Crippen MR) is 62.4 cm³/mol. The fourth-order valence-electron chi connectivity index (χ4n) is 1.62. The van der Waals surface area contributed by atoms with E-state index in [0.717, 1.165) is 0 Å². The van der Waals surface area contributed by atoms with Crippen molar-refractivity contribution < 1.29 is 18.7 Å². The molecule has 0 atom stereocenters. The van der Waals surface area contributed by atoms with Gasteiger partial charge in [-0.25, -0.2) is 0 Å². The third-order valence-electron chi connectivity index (χ3n) is 2.43. The second-order valence-electron chi connectivity index (χ2n) is 3.50. The summed E-state index contributed by atoms with van der Waals surface area (Å²) in [6.07, 6.45) is 0. The molecule has 0 saturated carbocycles. The van der Waals surface area contributed by atoms with Gasteiger partial charge in [-0.2, -0.15) is 0 Å². The summed E-state index contributed by atoms with van der Waals surface area (Å²) in [4.78, 5) is 12.0. The summed E-state index contributed by atoms with van der Waals surface area (Å²) < 4.78 is 16.1. The summed E-state index contributed by atoms with van der Waals surface area (Å²) in [7, 11) is 0. The van der Waals surface area contributed by atoms with Crippen molar-refractivity contribution in [3.63, 3.8) is 0 Å². The summed E-state index contributed by atoms with van der Waals surface area (Å²) in [5.41, 5.74) is 0.510. The molecule has 3 rings (SSSR count). The third-order valence-corrected chi connectivity index (χ3v) is 2.86. The van der Waals surface area contributed by atoms with Gasteiger partial charge >= 0.3 is 0 Å². The topological polar surface area (TPSA) is 48.7 Å². The maximum absolute atomic E-state index is 12.0. The molecular weight excluding hydrogens is 288 g/mol. The van der Waals surface area contributed by atoms with Gasteiger partial charge in [-0.15, -0.1) is 0 Å². The van der Waals surface area contributed by atoms with Gasteiger partial charge in [0.1, 0.15) is 0 Å². The Morgan fingerprint density at radius 2 is 1.94 bits per heavy atom. The number of ether oxygens (including phenoxy) is 2. The molecule has 2 aromatic rings. The first-order valence-corrected chi connectivity index (χ1v) is 5.73. The van der Waals surface area contributed by atoms with Crippen LogP contribution in [0.3, 0.4) is 0 Å². The first kappa shape index (κ1) is 10.4. The monoisotopic (exact) mass is 294 g/mol. The second-order valence-corrected chi connectivity index (χ2v) is 4.28. The zero-order chi connectivity index (χ0) is 11.8. The van der Waals surface area contributed by atoms with Crippen molar-refractivity contribution in [1.29, 1.82) is 0 Å². The largest absolute Gasteiger partial charge is 0.454 e. The van der Waals surface area contributed by atoms with Gasteiger partial charge < -0.3 is 13.9 Å². The van der Waals surface area contributed by atoms with Crippen LogP contribution in [0.5, 0.6) is 11.5 Å². The molecule has 0 spiro atoms. The Hall–Kier alpha value is -1.75. The van der Waals surface area contributed by atoms with E-state index < -0.39 is 0 Å². The molecule has 0 aliphatic carbocycles. The highest BCUT2D eigenvalue weighted by atomic mass is 79.9. The molecule has 5 heteroatoms. The average molecular weight is 295 g/mol. The number of furan rings is 1. The Kier molecular flexibility index (Phi) is 2.40. The van der Waals surface area contributed by atoms with Crippen LogP contribution in [-0.4, -0.2) is 12.6 Å². The van der Waals surface area contributed by atoms with Crippen molar-refractivity contribution >= 4 is 21.7 Å². The van der Waals surface area contributed by atoms with E-state index in [9.17, 15) is 4.79 Å². The molecule has 0 unspecified atom stereocenters. The summed E-state index contributed by atoms with van der Waals surface area (Å²) >= 11 is 3.16. The van der Waals surface area contributed by atoms with E-state index in [1.807, 2.05) is 0 Å². The van der Waals surface area contributed by atoms with Crippen molar-refractivity contribution in [1.82, 2.24) is 0 Å². The SMILES string of the molecule is O=C(c1ccc2c(c1)OCO2)c1ccc(Br)o1. The molecule has 0 amide bonds. The van der Waals surface area contributed by atoms with Crippen LogP contribution in [0.1, 0.15) is 16.1 Å². The van der Waals surface area contributed by atoms with Gasteiger partial charge in [-0.1, -0.05) is 0 Å². The van der Waals surface area contributed by atoms with Crippen LogP contribution >= 0.6 is 15.9 Å². The summed E-state index contributed by atoms with van der Waals surface area (Å²) in [5, 5.41) is 0. The fraction of sp³-hybridized carbons (Fsp3) is 0.0833. The van der Waals surface area contributed by atoms with Crippen LogP contribution in [0.25, 0.3) is 0 Å². The Labute approximate surface area is 105 Å². The van der Waals surface area contributed by atoms with Crippen molar-refractivity contribution in [2.45, 2.75) is 0 Å². The first-order chi connectivity index (χ1) is 8.24. The van der Waals surface area contributed by atoms with Crippen LogP contribution in [0.4, 0.5) is 0 Å². The Morgan fingerprint density at radius 1 is 1.12 bits per heavy atom. The van der Waals surface area contributed by atoms with Gasteiger partial charge in [0.25, 0.3) is 0 Å². The molecule has 17 heavy (non-hydrogen) atoms. The Morgan fingerprint density at radius 3 is 2.71 bits per heavy atom. The average Bonchev–Trinajstić information content (AvgIpc) is 2.95. The number of rotatable bonds is 2. The highest BCUT2D eigenvalue weighted by Crippen LogP contribution is 2.33. The molecule has 1 aromatic carbocycles. The lowest BCUT2D eigenvalue weighted by Crippen LogP contribution is -1.99. The number of ketones is 1. The van der Waals surface area contributed by atoms with Crippen molar-refractivity contribution in [3.05, 3.63) is 46.3 Å². The van der Waals surface area contributed by atoms with E-state index in [4.69, 9.17) is 13.9 Å². The highest BCUT2D eigenvalue weighted by Gasteiger charge is 2.18. The molecule has 0 bridgehead atoms. The van der Waals surface area contributed by atoms with Gasteiger partial charge in [0.15, 0.2) is 21.9 Å². The number of carbonyl (C=O) groups is 1. The zero-order valence-corrected chi connectivity index (χ0v) is 10.2. The van der Waals surface area contributed by atoms with E-state index >= 15 is 0 Å². The number of hydrogen-bond acceptors (Lipinski definition) is 4. The molecule has 1 aliphatic heterocycles. The molecule has 0 fully saturated rings. The molecule has 0 saturated heterocycles. The first-order valence-electron chi connectivity index (χ1n) is 4.94. The van der Waals surface area contributed by atoms with Gasteiger partial charge in [0, 0.05) is 5.56 Å². The quantitative estimate of drug-likeness (QED) is 0.799. The molecule has 4 nitrogen and oxygen atoms in total. The summed E-state index contributed by atoms with van der Waals surface area (Å²) in [5.74, 6) is 1.34. The van der Waals surface area contributed by atoms with Crippen molar-refractivity contribution in [2.75, 3.05) is 6.79 Å². The number of fused-ring (bicyclic) bond motifs is 1. The Balaban J connectivity index is 1.97. The lowest BCUT2D eigenvalue weighted by atomic mass is 10.1. The lowest BCUT2D eigenvalue weighted by molar-refractivity contribution is 0.101. The second kappa shape index (κ2) is 3.92. The fourth-order valence-corrected chi connectivity index (χ4v) is 1.92. The van der Waals surface area contributed by atoms with Crippen LogP contribution in [-0.2, 0) is 0 Å². The van der Waals surface area contributed by atoms with E-state index in [0.29, 0.717) is 21.7 Å². The standard InChI is InChI=1S/C12H7BrO4/c13-11-4-3-9(17-11)12(14)7-1-2-8-10(5-7)16-6-15-8/h1-5H,6H2. The zero-order valence-electron chi connectivity index (χ0n) is 8.60. The third kappa shape index (κ3) is 1.82. The van der Waals surface area contributed by atoms with Crippen LogP contribution in [0, 0.1) is 0 Å². The maximum atomic E-state index is 12.0. The van der Waals surface area contributed by atoms with Gasteiger partial charge in [0.2, 0.25) is 12.6 Å². The van der Waals surface area contributed by atoms with Crippen LogP contribution in [0.2, 0.25) is 0 Å². The summed E-state index contributed by atoms with van der Waals surface area (Å²) in [6.45, 7) is 0.194. The smallest absolute Gasteiger partial charge is 0.231 e. The molecule has 1 aromatic heterocycles. The van der Waals surface area contributed by atoms with Gasteiger partial charge in [0.05, 0.1) is 0 Å². The normalized spacial score (nSPS) is 12.8. The molecule has 0 N–H and O–H groups in total. The lowest BCUT2D eigenvalue weighted by Gasteiger charge is -1.99. The predicted octanol–water partition coefficient (Wildman–Crippen LogP) is 3.00. The minimum Gasteiger partial charge on any atom is -0.454 e. The number of halogens is 1. The van der Waals surface area contributed by atoms with E-state index in [1.165, 1.54) is 0 Å². The van der Waals surface area contributed by atoms with Crippen molar-refractivity contribution in [2.24, 2.45) is 0 Å². The Bertz CT molecular complexity index is 588. The summed E-state index contributed by atoms with van der Waals surface area (Å²) in [6, 6.07) is 8.36. The minimum absolute atomic E-state index is 0.186. The van der Waals surface area contributed by atoms with E-state index in [-0.39, 0.29) is 18.3 Å². The van der Waals surface area contributed by atoms with Crippen LogP contribution in [0.15, 0.2) is 39.4 Å². The number of carbonyl (C=O) groups excluding carboxylic acids is 1. The molecule has 0 radical (unpaired) electrons. The number of benzene rings is 1. The number of hydrogen-bond donors (Lipinski definition) is 0. The van der Waals surface area contributed by atoms with Crippen LogP contribution < -0.4 is 9.47 Å². The van der Waals surface area contributed by atoms with E-state index in [1.54, 1.807) is 30.3 Å². The highest BCUT2D eigenvalue weighted by molar-refractivity contribution is 9.10. The molecule has 2 heterocycles. The van der Waals surface area contributed by atoms with E-state index in [2.05, 4.69) is 15.9 Å². The van der Waals surface area contributed by atoms with Crippen molar-refractivity contribution in [3.8, 4) is 11.5 Å². The maximum Gasteiger partial charge on any atom is 0.231 e.